The molecule has 250 valence electrons. The fourth-order valence-corrected chi connectivity index (χ4v) is 5.90. The molecule has 0 saturated heterocycles. The summed E-state index contributed by atoms with van der Waals surface area (Å²) in [6.45, 7) is 8.12. The third-order valence-electron chi connectivity index (χ3n) is 8.05. The highest BCUT2D eigenvalue weighted by molar-refractivity contribution is 6.09. The molecule has 0 fully saturated rings. The smallest absolute Gasteiger partial charge is 0.416 e. The zero-order chi connectivity index (χ0) is 35.0. The van der Waals surface area contributed by atoms with Gasteiger partial charge in [-0.25, -0.2) is 9.18 Å². The van der Waals surface area contributed by atoms with Crippen LogP contribution in [0, 0.1) is 25.6 Å². The van der Waals surface area contributed by atoms with Crippen LogP contribution in [0.1, 0.15) is 65.0 Å². The molecular formula is C37H35F4N3O4. The largest absolute Gasteiger partial charge is 0.444 e. The maximum atomic E-state index is 15.3. The number of alkyl halides is 3. The van der Waals surface area contributed by atoms with Crippen molar-refractivity contribution >= 4 is 35.0 Å². The van der Waals surface area contributed by atoms with Crippen molar-refractivity contribution in [2.24, 2.45) is 5.92 Å². The Morgan fingerprint density at radius 1 is 0.812 bits per heavy atom. The number of para-hydroxylation sites is 1. The summed E-state index contributed by atoms with van der Waals surface area (Å²) in [5.41, 5.74) is 0.486. The van der Waals surface area contributed by atoms with E-state index in [2.05, 4.69) is 10.6 Å². The molecule has 0 unspecified atom stereocenters. The van der Waals surface area contributed by atoms with Crippen molar-refractivity contribution in [1.29, 1.82) is 0 Å². The predicted molar refractivity (Wildman–Crippen MR) is 175 cm³/mol. The number of hydrogen-bond donors (Lipinski definition) is 2. The summed E-state index contributed by atoms with van der Waals surface area (Å²) in [4.78, 5) is 42.3. The summed E-state index contributed by atoms with van der Waals surface area (Å²) < 4.78 is 61.7. The third-order valence-corrected chi connectivity index (χ3v) is 8.05. The molecule has 5 rings (SSSR count). The molecule has 1 aliphatic rings. The van der Waals surface area contributed by atoms with Gasteiger partial charge in [-0.3, -0.25) is 19.8 Å². The Labute approximate surface area is 275 Å². The lowest BCUT2D eigenvalue weighted by atomic mass is 9.80. The van der Waals surface area contributed by atoms with E-state index < -0.39 is 53.0 Å². The first-order valence-electron chi connectivity index (χ1n) is 15.3. The number of carbonyl (C=O) groups is 3. The second kappa shape index (κ2) is 13.1. The Morgan fingerprint density at radius 3 is 2.12 bits per heavy atom. The van der Waals surface area contributed by atoms with Gasteiger partial charge in [0.1, 0.15) is 11.4 Å². The van der Waals surface area contributed by atoms with Crippen molar-refractivity contribution in [3.63, 3.8) is 0 Å². The zero-order valence-electron chi connectivity index (χ0n) is 27.0. The van der Waals surface area contributed by atoms with Gasteiger partial charge in [-0.05, 0) is 99.7 Å². The molecule has 0 saturated carbocycles. The number of aryl methyl sites for hydroxylation is 2. The molecule has 11 heteroatoms. The van der Waals surface area contributed by atoms with Gasteiger partial charge in [-0.1, -0.05) is 48.5 Å². The molecule has 0 aromatic heterocycles. The van der Waals surface area contributed by atoms with E-state index in [1.165, 1.54) is 36.1 Å². The van der Waals surface area contributed by atoms with Crippen molar-refractivity contribution in [2.75, 3.05) is 15.5 Å². The van der Waals surface area contributed by atoms with E-state index >= 15 is 4.39 Å². The average Bonchev–Trinajstić information content (AvgIpc) is 2.99. The molecule has 3 amide bonds. The quantitative estimate of drug-likeness (QED) is 0.209. The van der Waals surface area contributed by atoms with Crippen LogP contribution in [-0.4, -0.2) is 23.5 Å². The summed E-state index contributed by atoms with van der Waals surface area (Å²) in [6, 6.07) is 20.2. The van der Waals surface area contributed by atoms with Gasteiger partial charge in [0.2, 0.25) is 5.91 Å². The Kier molecular flexibility index (Phi) is 9.35. The number of carbonyl (C=O) groups excluding carboxylic acids is 3. The third kappa shape index (κ3) is 7.35. The predicted octanol–water partition coefficient (Wildman–Crippen LogP) is 9.01. The van der Waals surface area contributed by atoms with Crippen molar-refractivity contribution in [1.82, 2.24) is 0 Å². The number of anilines is 3. The normalized spacial score (nSPS) is 16.1. The number of rotatable bonds is 5. The van der Waals surface area contributed by atoms with Gasteiger partial charge in [-0.15, -0.1) is 0 Å². The Hall–Kier alpha value is -5.19. The van der Waals surface area contributed by atoms with Crippen LogP contribution in [0.15, 0.2) is 84.9 Å². The molecule has 0 radical (unpaired) electrons. The Morgan fingerprint density at radius 2 is 1.48 bits per heavy atom. The van der Waals surface area contributed by atoms with E-state index in [1.54, 1.807) is 82.3 Å². The molecule has 1 aliphatic heterocycles. The highest BCUT2D eigenvalue weighted by Crippen LogP contribution is 2.44. The SMILES string of the molecule is Cc1ccc(NC(=O)[C@H]2Cc3ccccc3N(C(=O)c3c(C)cccc3F)[C@H]2c2ccc(NC(=O)OC(C)(C)C)cc2)cc1C(F)(F)F. The molecule has 0 bridgehead atoms. The molecular weight excluding hydrogens is 626 g/mol. The number of nitrogens with one attached hydrogen (secondary N) is 2. The van der Waals surface area contributed by atoms with Gasteiger partial charge in [0.15, 0.2) is 0 Å². The minimum Gasteiger partial charge on any atom is -0.444 e. The monoisotopic (exact) mass is 661 g/mol. The molecule has 4 aromatic rings. The highest BCUT2D eigenvalue weighted by atomic mass is 19.4. The van der Waals surface area contributed by atoms with Crippen molar-refractivity contribution < 1.29 is 36.7 Å². The minimum absolute atomic E-state index is 0.00193. The van der Waals surface area contributed by atoms with Crippen molar-refractivity contribution in [3.05, 3.63) is 124 Å². The van der Waals surface area contributed by atoms with Crippen LogP contribution >= 0.6 is 0 Å². The number of hydrogen-bond acceptors (Lipinski definition) is 4. The second-order valence-corrected chi connectivity index (χ2v) is 12.8. The Bertz CT molecular complexity index is 1850. The van der Waals surface area contributed by atoms with Crippen LogP contribution in [0.3, 0.4) is 0 Å². The van der Waals surface area contributed by atoms with Crippen molar-refractivity contribution in [3.8, 4) is 0 Å². The summed E-state index contributed by atoms with van der Waals surface area (Å²) in [7, 11) is 0. The topological polar surface area (TPSA) is 87.7 Å². The number of halogens is 4. The number of ether oxygens (including phenoxy) is 1. The van der Waals surface area contributed by atoms with E-state index in [0.29, 0.717) is 28.1 Å². The number of amides is 3. The summed E-state index contributed by atoms with van der Waals surface area (Å²) in [5, 5.41) is 5.28. The molecule has 0 spiro atoms. The standard InChI is InChI=1S/C37H35F4N3O4/c1-21-13-16-26(20-28(21)37(39,40)41)42-33(45)27-19-24-10-6-7-12-30(24)44(34(46)31-22(2)9-8-11-29(31)38)32(27)23-14-17-25(18-15-23)43-35(47)48-36(3,4)5/h6-18,20,27,32H,19H2,1-5H3,(H,42,45)(H,43,47)/t27-,32-/m0/s1. The molecule has 2 atom stereocenters. The molecule has 4 aromatic carbocycles. The number of benzene rings is 4. The van der Waals surface area contributed by atoms with Gasteiger partial charge in [-0.2, -0.15) is 13.2 Å². The molecule has 0 aliphatic carbocycles. The first-order chi connectivity index (χ1) is 22.5. The van der Waals surface area contributed by atoms with Crippen LogP contribution in [0.2, 0.25) is 0 Å². The van der Waals surface area contributed by atoms with Gasteiger partial charge in [0, 0.05) is 17.1 Å². The van der Waals surface area contributed by atoms with Crippen LogP contribution < -0.4 is 15.5 Å². The lowest BCUT2D eigenvalue weighted by Gasteiger charge is -2.42. The van der Waals surface area contributed by atoms with Crippen LogP contribution in [0.5, 0.6) is 0 Å². The van der Waals surface area contributed by atoms with E-state index in [1.807, 2.05) is 0 Å². The minimum atomic E-state index is -4.63. The number of nitrogens with zero attached hydrogens (tertiary/aromatic N) is 1. The van der Waals surface area contributed by atoms with E-state index in [9.17, 15) is 27.6 Å². The van der Waals surface area contributed by atoms with E-state index in [-0.39, 0.29) is 23.2 Å². The van der Waals surface area contributed by atoms with Crippen LogP contribution in [0.4, 0.5) is 39.4 Å². The second-order valence-electron chi connectivity index (χ2n) is 12.8. The lowest BCUT2D eigenvalue weighted by Crippen LogP contribution is -2.47. The van der Waals surface area contributed by atoms with Gasteiger partial charge >= 0.3 is 12.3 Å². The zero-order valence-corrected chi connectivity index (χ0v) is 27.0. The van der Waals surface area contributed by atoms with E-state index in [0.717, 1.165) is 6.07 Å². The summed E-state index contributed by atoms with van der Waals surface area (Å²) in [6.07, 6.45) is -5.18. The van der Waals surface area contributed by atoms with Gasteiger partial charge in [0.05, 0.1) is 23.1 Å². The fraction of sp³-hybridized carbons (Fsp3) is 0.270. The van der Waals surface area contributed by atoms with E-state index in [4.69, 9.17) is 4.74 Å². The maximum Gasteiger partial charge on any atom is 0.416 e. The molecule has 48 heavy (non-hydrogen) atoms. The first-order valence-corrected chi connectivity index (χ1v) is 15.3. The van der Waals surface area contributed by atoms with Crippen LogP contribution in [0.25, 0.3) is 0 Å². The molecule has 2 N–H and O–H groups in total. The molecule has 7 nitrogen and oxygen atoms in total. The van der Waals surface area contributed by atoms with Gasteiger partial charge < -0.3 is 10.1 Å². The first kappa shape index (κ1) is 34.2. The number of fused-ring (bicyclic) bond motifs is 1. The van der Waals surface area contributed by atoms with Gasteiger partial charge in [0.25, 0.3) is 5.91 Å². The average molecular weight is 662 g/mol. The van der Waals surface area contributed by atoms with Crippen molar-refractivity contribution in [2.45, 2.75) is 58.9 Å². The fourth-order valence-electron chi connectivity index (χ4n) is 5.90. The summed E-state index contributed by atoms with van der Waals surface area (Å²) >= 11 is 0. The summed E-state index contributed by atoms with van der Waals surface area (Å²) in [5.74, 6) is -3.08. The molecule has 1 heterocycles. The van der Waals surface area contributed by atoms with Crippen LogP contribution in [-0.2, 0) is 22.1 Å². The Balaban J connectivity index is 1.60. The maximum absolute atomic E-state index is 15.3. The highest BCUT2D eigenvalue weighted by Gasteiger charge is 2.43. The lowest BCUT2D eigenvalue weighted by molar-refractivity contribution is -0.138.